The minimum Gasteiger partial charge on any atom is -0.352 e. The maximum Gasteiger partial charge on any atom is 0.243 e. The van der Waals surface area contributed by atoms with Gasteiger partial charge < -0.3 is 10.2 Å². The van der Waals surface area contributed by atoms with E-state index in [4.69, 9.17) is 11.6 Å². The third kappa shape index (κ3) is 8.14. The molecule has 0 saturated heterocycles. The summed E-state index contributed by atoms with van der Waals surface area (Å²) in [5.74, 6) is 0.715. The van der Waals surface area contributed by atoms with E-state index in [1.807, 2.05) is 99.6 Å². The van der Waals surface area contributed by atoms with Gasteiger partial charge in [-0.15, -0.1) is 11.8 Å². The van der Waals surface area contributed by atoms with Gasteiger partial charge in [-0.1, -0.05) is 91.3 Å². The van der Waals surface area contributed by atoms with E-state index in [1.165, 1.54) is 11.8 Å². The largest absolute Gasteiger partial charge is 0.352 e. The number of aryl methyl sites for hydroxylation is 1. The van der Waals surface area contributed by atoms with Crippen molar-refractivity contribution in [1.29, 1.82) is 0 Å². The molecule has 0 unspecified atom stereocenters. The Kier molecular flexibility index (Phi) is 10.9. The lowest BCUT2D eigenvalue weighted by atomic mass is 10.0. The van der Waals surface area contributed by atoms with E-state index >= 15 is 0 Å². The molecule has 0 bridgehead atoms. The second-order valence-corrected chi connectivity index (χ2v) is 10.4. The Morgan fingerprint density at radius 3 is 2.25 bits per heavy atom. The minimum atomic E-state index is -0.616. The standard InChI is InChI=1S/C30H35ClN2O2S/c1-4-23(3)32-30(35)28(18-24-13-6-5-7-14-24)33(19-25-15-9-8-12-22(25)2)29(34)21-36-20-26-16-10-11-17-27(26)31/h5-17,23,28H,4,18-21H2,1-3H3,(H,32,35)/t23-,28-/m0/s1. The van der Waals surface area contributed by atoms with E-state index in [9.17, 15) is 9.59 Å². The zero-order chi connectivity index (χ0) is 25.9. The maximum atomic E-state index is 13.7. The average Bonchev–Trinajstić information content (AvgIpc) is 2.88. The van der Waals surface area contributed by atoms with Crippen molar-refractivity contribution in [2.24, 2.45) is 0 Å². The van der Waals surface area contributed by atoms with Crippen LogP contribution < -0.4 is 5.32 Å². The average molecular weight is 523 g/mol. The Morgan fingerprint density at radius 2 is 1.58 bits per heavy atom. The normalized spacial score (nSPS) is 12.6. The fraction of sp³-hybridized carbons (Fsp3) is 0.333. The van der Waals surface area contributed by atoms with Crippen LogP contribution in [-0.4, -0.2) is 34.6 Å². The summed E-state index contributed by atoms with van der Waals surface area (Å²) in [6.45, 7) is 6.45. The third-order valence-electron chi connectivity index (χ3n) is 6.32. The lowest BCUT2D eigenvalue weighted by Gasteiger charge is -2.32. The van der Waals surface area contributed by atoms with Gasteiger partial charge in [-0.2, -0.15) is 0 Å². The fourth-order valence-corrected chi connectivity index (χ4v) is 5.11. The monoisotopic (exact) mass is 522 g/mol. The van der Waals surface area contributed by atoms with Crippen LogP contribution in [0.2, 0.25) is 5.02 Å². The third-order valence-corrected chi connectivity index (χ3v) is 7.65. The summed E-state index contributed by atoms with van der Waals surface area (Å²) in [5.41, 5.74) is 4.15. The highest BCUT2D eigenvalue weighted by molar-refractivity contribution is 7.99. The summed E-state index contributed by atoms with van der Waals surface area (Å²) in [4.78, 5) is 29.0. The number of amides is 2. The zero-order valence-corrected chi connectivity index (χ0v) is 22.8. The summed E-state index contributed by atoms with van der Waals surface area (Å²) >= 11 is 7.83. The molecule has 0 aliphatic rings. The van der Waals surface area contributed by atoms with Crippen molar-refractivity contribution in [3.63, 3.8) is 0 Å². The minimum absolute atomic E-state index is 0.0285. The summed E-state index contributed by atoms with van der Waals surface area (Å²) in [6.07, 6.45) is 1.28. The van der Waals surface area contributed by atoms with Gasteiger partial charge in [0.25, 0.3) is 0 Å². The second-order valence-electron chi connectivity index (χ2n) is 9.06. The van der Waals surface area contributed by atoms with E-state index in [0.29, 0.717) is 23.7 Å². The molecule has 3 aromatic rings. The smallest absolute Gasteiger partial charge is 0.243 e. The molecule has 2 atom stereocenters. The number of hydrogen-bond acceptors (Lipinski definition) is 3. The van der Waals surface area contributed by atoms with Crippen molar-refractivity contribution < 1.29 is 9.59 Å². The van der Waals surface area contributed by atoms with Gasteiger partial charge in [0, 0.05) is 29.8 Å². The number of carbonyl (C=O) groups is 2. The number of hydrogen-bond donors (Lipinski definition) is 1. The summed E-state index contributed by atoms with van der Waals surface area (Å²) in [5, 5.41) is 3.82. The lowest BCUT2D eigenvalue weighted by Crippen LogP contribution is -2.52. The Labute approximate surface area is 224 Å². The maximum absolute atomic E-state index is 13.7. The summed E-state index contributed by atoms with van der Waals surface area (Å²) in [7, 11) is 0. The summed E-state index contributed by atoms with van der Waals surface area (Å²) < 4.78 is 0. The first-order chi connectivity index (χ1) is 17.4. The molecule has 4 nitrogen and oxygen atoms in total. The number of halogens is 1. The van der Waals surface area contributed by atoms with Gasteiger partial charge in [0.05, 0.1) is 5.75 Å². The molecule has 0 aliphatic carbocycles. The van der Waals surface area contributed by atoms with Crippen LogP contribution in [-0.2, 0) is 28.3 Å². The molecule has 2 amide bonds. The van der Waals surface area contributed by atoms with Gasteiger partial charge >= 0.3 is 0 Å². The van der Waals surface area contributed by atoms with E-state index in [2.05, 4.69) is 5.32 Å². The van der Waals surface area contributed by atoms with Crippen LogP contribution in [0, 0.1) is 6.92 Å². The van der Waals surface area contributed by atoms with Crippen molar-refractivity contribution >= 4 is 35.2 Å². The van der Waals surface area contributed by atoms with E-state index in [-0.39, 0.29) is 23.6 Å². The molecule has 3 aromatic carbocycles. The van der Waals surface area contributed by atoms with E-state index < -0.39 is 6.04 Å². The Bertz CT molecular complexity index is 1140. The van der Waals surface area contributed by atoms with Crippen molar-refractivity contribution in [1.82, 2.24) is 10.2 Å². The molecule has 0 saturated carbocycles. The van der Waals surface area contributed by atoms with Crippen LogP contribution in [0.1, 0.15) is 42.5 Å². The topological polar surface area (TPSA) is 49.4 Å². The molecule has 0 radical (unpaired) electrons. The number of carbonyl (C=O) groups excluding carboxylic acids is 2. The number of thioether (sulfide) groups is 1. The first-order valence-corrected chi connectivity index (χ1v) is 13.9. The highest BCUT2D eigenvalue weighted by Gasteiger charge is 2.31. The van der Waals surface area contributed by atoms with Crippen LogP contribution in [0.5, 0.6) is 0 Å². The van der Waals surface area contributed by atoms with Crippen LogP contribution in [0.4, 0.5) is 0 Å². The molecule has 0 heterocycles. The van der Waals surface area contributed by atoms with Crippen molar-refractivity contribution in [3.05, 3.63) is 106 Å². The molecule has 0 aromatic heterocycles. The first-order valence-electron chi connectivity index (χ1n) is 12.4. The molecule has 190 valence electrons. The first kappa shape index (κ1) is 27.8. The van der Waals surface area contributed by atoms with E-state index in [1.54, 1.807) is 4.90 Å². The highest BCUT2D eigenvalue weighted by atomic mass is 35.5. The van der Waals surface area contributed by atoms with Gasteiger partial charge in [-0.25, -0.2) is 0 Å². The Balaban J connectivity index is 1.87. The Morgan fingerprint density at radius 1 is 0.944 bits per heavy atom. The molecular formula is C30H35ClN2O2S. The number of nitrogens with zero attached hydrogens (tertiary/aromatic N) is 1. The molecule has 0 fully saturated rings. The quantitative estimate of drug-likeness (QED) is 0.298. The number of rotatable bonds is 12. The molecular weight excluding hydrogens is 488 g/mol. The van der Waals surface area contributed by atoms with Crippen molar-refractivity contribution in [3.8, 4) is 0 Å². The van der Waals surface area contributed by atoms with Gasteiger partial charge in [0.1, 0.15) is 6.04 Å². The predicted octanol–water partition coefficient (Wildman–Crippen LogP) is 6.44. The van der Waals surface area contributed by atoms with Gasteiger partial charge in [-0.05, 0) is 48.6 Å². The molecule has 36 heavy (non-hydrogen) atoms. The van der Waals surface area contributed by atoms with Gasteiger partial charge in [0.2, 0.25) is 11.8 Å². The van der Waals surface area contributed by atoms with Crippen LogP contribution >= 0.6 is 23.4 Å². The van der Waals surface area contributed by atoms with E-state index in [0.717, 1.165) is 28.7 Å². The van der Waals surface area contributed by atoms with Crippen molar-refractivity contribution in [2.75, 3.05) is 5.75 Å². The fourth-order valence-electron chi connectivity index (χ4n) is 3.91. The molecule has 1 N–H and O–H groups in total. The number of benzene rings is 3. The SMILES string of the molecule is CC[C@H](C)NC(=O)[C@H](Cc1ccccc1)N(Cc1ccccc1C)C(=O)CSCc1ccccc1Cl. The Hall–Kier alpha value is -2.76. The predicted molar refractivity (Wildman–Crippen MR) is 151 cm³/mol. The lowest BCUT2D eigenvalue weighted by molar-refractivity contribution is -0.139. The molecule has 3 rings (SSSR count). The van der Waals surface area contributed by atoms with Gasteiger partial charge in [0.15, 0.2) is 0 Å². The molecule has 0 spiro atoms. The van der Waals surface area contributed by atoms with Crippen LogP contribution in [0.15, 0.2) is 78.9 Å². The van der Waals surface area contributed by atoms with Crippen LogP contribution in [0.3, 0.4) is 0 Å². The molecule has 0 aliphatic heterocycles. The zero-order valence-electron chi connectivity index (χ0n) is 21.2. The van der Waals surface area contributed by atoms with Crippen molar-refractivity contribution in [2.45, 2.75) is 58.0 Å². The highest BCUT2D eigenvalue weighted by Crippen LogP contribution is 2.23. The second kappa shape index (κ2) is 14.1. The molecule has 6 heteroatoms. The summed E-state index contributed by atoms with van der Waals surface area (Å²) in [6, 6.07) is 25.0. The number of nitrogens with one attached hydrogen (secondary N) is 1. The van der Waals surface area contributed by atoms with Gasteiger partial charge in [-0.3, -0.25) is 9.59 Å². The van der Waals surface area contributed by atoms with Crippen LogP contribution in [0.25, 0.3) is 0 Å².